The lowest BCUT2D eigenvalue weighted by Gasteiger charge is -2.29. The van der Waals surface area contributed by atoms with Crippen molar-refractivity contribution in [3.8, 4) is 5.75 Å². The summed E-state index contributed by atoms with van der Waals surface area (Å²) in [6, 6.07) is 3.69. The number of hydrogen-bond acceptors (Lipinski definition) is 9. The first-order valence-electron chi connectivity index (χ1n) is 14.5. The zero-order chi connectivity index (χ0) is 30.0. The molecule has 13 heteroatoms. The van der Waals surface area contributed by atoms with Gasteiger partial charge < -0.3 is 24.6 Å². The van der Waals surface area contributed by atoms with Gasteiger partial charge in [-0.25, -0.2) is 4.99 Å². The van der Waals surface area contributed by atoms with Crippen LogP contribution in [0.1, 0.15) is 50.5 Å². The molecule has 5 rings (SSSR count). The van der Waals surface area contributed by atoms with Crippen LogP contribution in [0.25, 0.3) is 0 Å². The minimum Gasteiger partial charge on any atom is -0.496 e. The van der Waals surface area contributed by atoms with E-state index in [1.165, 1.54) is 0 Å². The fourth-order valence-electron chi connectivity index (χ4n) is 6.85. The maximum Gasteiger partial charge on any atom is 0.327 e. The molecule has 2 aliphatic heterocycles. The van der Waals surface area contributed by atoms with Gasteiger partial charge in [-0.1, -0.05) is 12.5 Å². The molecule has 0 aromatic heterocycles. The van der Waals surface area contributed by atoms with Crippen molar-refractivity contribution < 1.29 is 42.6 Å². The Balaban J connectivity index is 1.31. The molecule has 2 heterocycles. The lowest BCUT2D eigenvalue weighted by Crippen LogP contribution is -2.54. The number of methoxy groups -OCH3 is 1. The van der Waals surface area contributed by atoms with Crippen molar-refractivity contribution in [2.45, 2.75) is 63.5 Å². The van der Waals surface area contributed by atoms with E-state index < -0.39 is 44.8 Å². The number of ether oxygens (including phenoxy) is 2. The number of hydrogen-bond donors (Lipinski definition) is 2. The van der Waals surface area contributed by atoms with Crippen molar-refractivity contribution in [3.05, 3.63) is 23.8 Å². The number of carbonyl (C=O) groups is 4. The molecular formula is C29H38N3O9P. The van der Waals surface area contributed by atoms with Crippen LogP contribution in [0.15, 0.2) is 23.2 Å². The van der Waals surface area contributed by atoms with Gasteiger partial charge in [-0.3, -0.25) is 28.3 Å². The van der Waals surface area contributed by atoms with Gasteiger partial charge in [0.15, 0.2) is 12.6 Å². The van der Waals surface area contributed by atoms with E-state index >= 15 is 0 Å². The average Bonchev–Trinajstić information content (AvgIpc) is 3.73. The predicted octanol–water partition coefficient (Wildman–Crippen LogP) is 2.57. The second-order valence-electron chi connectivity index (χ2n) is 11.7. The van der Waals surface area contributed by atoms with Crippen LogP contribution in [-0.4, -0.2) is 84.7 Å². The Bertz CT molecular complexity index is 1330. The van der Waals surface area contributed by atoms with Crippen LogP contribution >= 0.6 is 7.60 Å². The normalized spacial score (nSPS) is 26.8. The SMILES string of the molecule is COc1cccc2c1CC(C(=O)N1C[C@@H]3CCC[C@@H]3[C@H]1C(=O)N[C@@H](C[C@@H]1CCCC1=O)C(=O)COCOP(C)(=O)O)=N2. The highest BCUT2D eigenvalue weighted by Gasteiger charge is 2.51. The molecule has 1 aromatic rings. The first-order chi connectivity index (χ1) is 20.1. The second kappa shape index (κ2) is 12.8. The zero-order valence-corrected chi connectivity index (χ0v) is 24.8. The van der Waals surface area contributed by atoms with E-state index in [2.05, 4.69) is 14.8 Å². The summed E-state index contributed by atoms with van der Waals surface area (Å²) < 4.78 is 26.6. The highest BCUT2D eigenvalue weighted by atomic mass is 31.2. The average molecular weight is 604 g/mol. The summed E-state index contributed by atoms with van der Waals surface area (Å²) in [5.74, 6) is -0.709. The maximum atomic E-state index is 13.9. The Labute approximate surface area is 244 Å². The van der Waals surface area contributed by atoms with Crippen molar-refractivity contribution in [2.75, 3.05) is 33.7 Å². The molecule has 2 saturated carbocycles. The van der Waals surface area contributed by atoms with Crippen molar-refractivity contribution in [1.29, 1.82) is 0 Å². The van der Waals surface area contributed by atoms with Crippen LogP contribution in [-0.2, 0) is 39.4 Å². The van der Waals surface area contributed by atoms with E-state index in [0.717, 1.165) is 37.9 Å². The minimum absolute atomic E-state index is 0.0374. The molecule has 1 saturated heterocycles. The van der Waals surface area contributed by atoms with Crippen LogP contribution in [0.4, 0.5) is 5.69 Å². The van der Waals surface area contributed by atoms with E-state index in [1.54, 1.807) is 12.0 Å². The van der Waals surface area contributed by atoms with Crippen LogP contribution < -0.4 is 10.1 Å². The summed E-state index contributed by atoms with van der Waals surface area (Å²) in [6.45, 7) is 0.405. The van der Waals surface area contributed by atoms with Gasteiger partial charge >= 0.3 is 7.60 Å². The Morgan fingerprint density at radius 3 is 2.74 bits per heavy atom. The summed E-state index contributed by atoms with van der Waals surface area (Å²) >= 11 is 0. The molecule has 228 valence electrons. The van der Waals surface area contributed by atoms with E-state index in [1.807, 2.05) is 18.2 Å². The van der Waals surface area contributed by atoms with Gasteiger partial charge in [0.25, 0.3) is 5.91 Å². The van der Waals surface area contributed by atoms with Crippen molar-refractivity contribution in [2.24, 2.45) is 22.7 Å². The number of benzene rings is 1. The number of carbonyl (C=O) groups excluding carboxylic acids is 4. The molecule has 3 fully saturated rings. The topological polar surface area (TPSA) is 161 Å². The van der Waals surface area contributed by atoms with Gasteiger partial charge in [0.1, 0.15) is 29.9 Å². The molecule has 2 aliphatic carbocycles. The largest absolute Gasteiger partial charge is 0.496 e. The maximum absolute atomic E-state index is 13.9. The molecule has 2 N–H and O–H groups in total. The smallest absolute Gasteiger partial charge is 0.327 e. The highest BCUT2D eigenvalue weighted by Crippen LogP contribution is 2.43. The molecule has 12 nitrogen and oxygen atoms in total. The van der Waals surface area contributed by atoms with Crippen molar-refractivity contribution in [3.63, 3.8) is 0 Å². The van der Waals surface area contributed by atoms with E-state index in [9.17, 15) is 28.6 Å². The van der Waals surface area contributed by atoms with E-state index in [-0.39, 0.29) is 35.9 Å². The van der Waals surface area contributed by atoms with Gasteiger partial charge in [-0.2, -0.15) is 0 Å². The third-order valence-corrected chi connectivity index (χ3v) is 9.46. The van der Waals surface area contributed by atoms with Gasteiger partial charge in [0, 0.05) is 37.5 Å². The highest BCUT2D eigenvalue weighted by molar-refractivity contribution is 7.51. The van der Waals surface area contributed by atoms with Crippen LogP contribution in [0, 0.1) is 17.8 Å². The molecule has 0 radical (unpaired) electrons. The first kappa shape index (κ1) is 30.5. The molecule has 4 aliphatic rings. The number of rotatable bonds is 12. The second-order valence-corrected chi connectivity index (χ2v) is 13.5. The predicted molar refractivity (Wildman–Crippen MR) is 152 cm³/mol. The number of ketones is 2. The number of nitrogens with zero attached hydrogens (tertiary/aromatic N) is 2. The molecule has 42 heavy (non-hydrogen) atoms. The van der Waals surface area contributed by atoms with Crippen LogP contribution in [0.5, 0.6) is 5.75 Å². The van der Waals surface area contributed by atoms with Crippen molar-refractivity contribution in [1.82, 2.24) is 10.2 Å². The molecule has 1 aromatic carbocycles. The zero-order valence-electron chi connectivity index (χ0n) is 24.0. The third kappa shape index (κ3) is 6.67. The number of fused-ring (bicyclic) bond motifs is 2. The monoisotopic (exact) mass is 603 g/mol. The number of Topliss-reactive ketones (excluding diaryl/α,β-unsaturated/α-hetero) is 2. The summed E-state index contributed by atoms with van der Waals surface area (Å²) in [6.07, 6.45) is 4.92. The van der Waals surface area contributed by atoms with Gasteiger partial charge in [0.05, 0.1) is 18.8 Å². The number of likely N-dealkylation sites (tertiary alicyclic amines) is 1. The Kier molecular flexibility index (Phi) is 9.27. The third-order valence-electron chi connectivity index (χ3n) is 8.87. The molecule has 1 unspecified atom stereocenters. The van der Waals surface area contributed by atoms with Gasteiger partial charge in [-0.05, 0) is 56.1 Å². The molecular weight excluding hydrogens is 565 g/mol. The lowest BCUT2D eigenvalue weighted by atomic mass is 9.91. The van der Waals surface area contributed by atoms with Gasteiger partial charge in [-0.15, -0.1) is 0 Å². The summed E-state index contributed by atoms with van der Waals surface area (Å²) in [5, 5.41) is 2.87. The Morgan fingerprint density at radius 1 is 1.21 bits per heavy atom. The summed E-state index contributed by atoms with van der Waals surface area (Å²) in [5.41, 5.74) is 1.86. The first-order valence-corrected chi connectivity index (χ1v) is 16.5. The number of aliphatic imine (C=N–C) groups is 1. The molecule has 2 amide bonds. The van der Waals surface area contributed by atoms with Crippen molar-refractivity contribution >= 4 is 42.4 Å². The lowest BCUT2D eigenvalue weighted by molar-refractivity contribution is -0.138. The fourth-order valence-corrected chi connectivity index (χ4v) is 7.12. The molecule has 0 bridgehead atoms. The number of amides is 2. The quantitative estimate of drug-likeness (QED) is 0.208. The van der Waals surface area contributed by atoms with E-state index in [4.69, 9.17) is 9.47 Å². The van der Waals surface area contributed by atoms with Crippen LogP contribution in [0.2, 0.25) is 0 Å². The van der Waals surface area contributed by atoms with Gasteiger partial charge in [0.2, 0.25) is 5.91 Å². The standard InChI is InChI=1S/C29H38N3O9P/c1-39-26-11-5-9-21-20(26)13-23(30-21)29(36)32-14-18-7-3-8-19(18)27(32)28(35)31-22(12-17-6-4-10-24(17)33)25(34)15-40-16-41-42(2,37)38/h5,9,11,17-19,22,27H,3-4,6-8,10,12-16H2,1-2H3,(H,31,35)(H,37,38)/t17-,18-,19-,22-,27-/m0/s1. The summed E-state index contributed by atoms with van der Waals surface area (Å²) in [7, 11) is -2.21. The molecule has 0 spiro atoms. The van der Waals surface area contributed by atoms with Crippen LogP contribution in [0.3, 0.4) is 0 Å². The molecule has 6 atom stereocenters. The van der Waals surface area contributed by atoms with E-state index in [0.29, 0.717) is 43.0 Å². The Morgan fingerprint density at radius 2 is 2.02 bits per heavy atom. The number of nitrogens with one attached hydrogen (secondary N) is 1. The summed E-state index contributed by atoms with van der Waals surface area (Å²) in [4.78, 5) is 68.8. The Hall–Kier alpha value is -2.92. The minimum atomic E-state index is -3.78. The fraction of sp³-hybridized carbons (Fsp3) is 0.621.